The van der Waals surface area contributed by atoms with E-state index in [1.165, 1.54) is 6.42 Å². The predicted octanol–water partition coefficient (Wildman–Crippen LogP) is 0.726. The van der Waals surface area contributed by atoms with Crippen molar-refractivity contribution in [3.8, 4) is 0 Å². The van der Waals surface area contributed by atoms with Gasteiger partial charge in [-0.2, -0.15) is 0 Å². The number of rotatable bonds is 3. The number of fused-ring (bicyclic) bond motifs is 1. The van der Waals surface area contributed by atoms with Gasteiger partial charge in [0.25, 0.3) is 0 Å². The molecule has 3 fully saturated rings. The zero-order valence-corrected chi connectivity index (χ0v) is 10.7. The molecule has 0 aromatic heterocycles. The fraction of sp³-hybridized carbons (Fsp3) is 0.917. The first kappa shape index (κ1) is 11.5. The van der Waals surface area contributed by atoms with Gasteiger partial charge in [0, 0.05) is 12.5 Å². The van der Waals surface area contributed by atoms with Crippen molar-refractivity contribution < 1.29 is 13.2 Å². The molecule has 17 heavy (non-hydrogen) atoms. The molecule has 2 aliphatic carbocycles. The number of carbonyl (C=O) groups excluding carboxylic acids is 1. The summed E-state index contributed by atoms with van der Waals surface area (Å²) >= 11 is 0. The van der Waals surface area contributed by atoms with Crippen LogP contribution in [0.2, 0.25) is 0 Å². The lowest BCUT2D eigenvalue weighted by molar-refractivity contribution is -0.125. The van der Waals surface area contributed by atoms with Crippen LogP contribution in [-0.4, -0.2) is 31.9 Å². The summed E-state index contributed by atoms with van der Waals surface area (Å²) in [5, 5.41) is 2.51. The molecule has 2 saturated carbocycles. The van der Waals surface area contributed by atoms with Gasteiger partial charge in [0.15, 0.2) is 9.84 Å². The van der Waals surface area contributed by atoms with E-state index in [4.69, 9.17) is 0 Å². The summed E-state index contributed by atoms with van der Waals surface area (Å²) in [6.45, 7) is 0.326. The molecule has 1 aliphatic heterocycles. The monoisotopic (exact) mass is 257 g/mol. The molecule has 1 saturated heterocycles. The molecule has 1 amide bonds. The largest absolute Gasteiger partial charge is 0.355 e. The SMILES string of the molecule is O=C(NCC1CCCS1(=O)=O)C1CC2CC2C1. The summed E-state index contributed by atoms with van der Waals surface area (Å²) in [5.41, 5.74) is 0. The number of hydrogen-bond acceptors (Lipinski definition) is 3. The van der Waals surface area contributed by atoms with Gasteiger partial charge in [0.05, 0.1) is 11.0 Å². The molecule has 5 heteroatoms. The van der Waals surface area contributed by atoms with Gasteiger partial charge in [0.2, 0.25) is 5.91 Å². The average molecular weight is 257 g/mol. The molecule has 1 N–H and O–H groups in total. The van der Waals surface area contributed by atoms with Crippen LogP contribution in [0.3, 0.4) is 0 Å². The molecular weight excluding hydrogens is 238 g/mol. The molecule has 0 spiro atoms. The Morgan fingerprint density at radius 3 is 2.47 bits per heavy atom. The van der Waals surface area contributed by atoms with E-state index in [9.17, 15) is 13.2 Å². The quantitative estimate of drug-likeness (QED) is 0.810. The van der Waals surface area contributed by atoms with Crippen LogP contribution < -0.4 is 5.32 Å². The highest BCUT2D eigenvalue weighted by Crippen LogP contribution is 2.54. The van der Waals surface area contributed by atoms with Crippen LogP contribution in [0.5, 0.6) is 0 Å². The van der Waals surface area contributed by atoms with Crippen LogP contribution in [0.15, 0.2) is 0 Å². The van der Waals surface area contributed by atoms with Crippen LogP contribution >= 0.6 is 0 Å². The summed E-state index contributed by atoms with van der Waals surface area (Å²) < 4.78 is 23.2. The van der Waals surface area contributed by atoms with E-state index in [1.807, 2.05) is 0 Å². The maximum absolute atomic E-state index is 11.9. The standard InChI is InChI=1S/C12H19NO3S/c14-12(10-5-8-4-9(8)6-10)13-7-11-2-1-3-17(11,15)16/h8-11H,1-7H2,(H,13,14). The first-order valence-corrected chi connectivity index (χ1v) is 8.27. The number of sulfone groups is 1. The Morgan fingerprint density at radius 1 is 1.18 bits per heavy atom. The van der Waals surface area contributed by atoms with Gasteiger partial charge in [-0.15, -0.1) is 0 Å². The van der Waals surface area contributed by atoms with Crippen molar-refractivity contribution in [1.82, 2.24) is 5.32 Å². The first-order valence-electron chi connectivity index (χ1n) is 6.55. The van der Waals surface area contributed by atoms with Crippen LogP contribution in [0.4, 0.5) is 0 Å². The Bertz CT molecular complexity index is 421. The number of hydrogen-bond donors (Lipinski definition) is 1. The number of nitrogens with one attached hydrogen (secondary N) is 1. The molecule has 96 valence electrons. The maximum Gasteiger partial charge on any atom is 0.223 e. The van der Waals surface area contributed by atoms with Crippen molar-refractivity contribution in [2.45, 2.75) is 37.4 Å². The Balaban J connectivity index is 1.49. The fourth-order valence-corrected chi connectivity index (χ4v) is 5.14. The molecule has 0 aromatic rings. The number of amides is 1. The summed E-state index contributed by atoms with van der Waals surface area (Å²) in [6.07, 6.45) is 4.80. The van der Waals surface area contributed by atoms with Crippen LogP contribution in [0.1, 0.15) is 32.1 Å². The minimum absolute atomic E-state index is 0.0827. The zero-order chi connectivity index (χ0) is 12.0. The summed E-state index contributed by atoms with van der Waals surface area (Å²) in [4.78, 5) is 11.9. The summed E-state index contributed by atoms with van der Waals surface area (Å²) in [5.74, 6) is 2.12. The van der Waals surface area contributed by atoms with E-state index < -0.39 is 9.84 Å². The highest BCUT2D eigenvalue weighted by atomic mass is 32.2. The summed E-state index contributed by atoms with van der Waals surface area (Å²) in [6, 6.07) is 0. The van der Waals surface area contributed by atoms with E-state index in [0.29, 0.717) is 18.7 Å². The molecular formula is C12H19NO3S. The lowest BCUT2D eigenvalue weighted by atomic mass is 10.0. The molecule has 3 atom stereocenters. The minimum atomic E-state index is -2.92. The Kier molecular flexibility index (Phi) is 2.69. The second kappa shape index (κ2) is 3.97. The zero-order valence-electron chi connectivity index (χ0n) is 9.89. The van der Waals surface area contributed by atoms with Gasteiger partial charge >= 0.3 is 0 Å². The third-order valence-corrected chi connectivity index (χ3v) is 6.86. The van der Waals surface area contributed by atoms with Crippen molar-refractivity contribution in [2.24, 2.45) is 17.8 Å². The maximum atomic E-state index is 11.9. The molecule has 0 aromatic carbocycles. The van der Waals surface area contributed by atoms with E-state index in [2.05, 4.69) is 5.32 Å². The van der Waals surface area contributed by atoms with Crippen molar-refractivity contribution in [3.63, 3.8) is 0 Å². The van der Waals surface area contributed by atoms with E-state index in [-0.39, 0.29) is 17.1 Å². The van der Waals surface area contributed by atoms with Gasteiger partial charge in [-0.05, 0) is 43.9 Å². The van der Waals surface area contributed by atoms with Gasteiger partial charge in [-0.25, -0.2) is 8.42 Å². The highest BCUT2D eigenvalue weighted by molar-refractivity contribution is 7.92. The highest BCUT2D eigenvalue weighted by Gasteiger charge is 2.48. The van der Waals surface area contributed by atoms with Crippen LogP contribution in [-0.2, 0) is 14.6 Å². The average Bonchev–Trinajstić information content (AvgIpc) is 2.73. The summed E-state index contributed by atoms with van der Waals surface area (Å²) in [7, 11) is -2.92. The van der Waals surface area contributed by atoms with Gasteiger partial charge < -0.3 is 5.32 Å². The molecule has 1 heterocycles. The Labute approximate surface area is 102 Å². The molecule has 3 aliphatic rings. The van der Waals surface area contributed by atoms with Crippen molar-refractivity contribution in [1.29, 1.82) is 0 Å². The smallest absolute Gasteiger partial charge is 0.223 e. The first-order chi connectivity index (χ1) is 8.06. The topological polar surface area (TPSA) is 63.2 Å². The fourth-order valence-electron chi connectivity index (χ4n) is 3.38. The molecule has 4 nitrogen and oxygen atoms in total. The molecule has 0 radical (unpaired) electrons. The van der Waals surface area contributed by atoms with Gasteiger partial charge in [-0.3, -0.25) is 4.79 Å². The van der Waals surface area contributed by atoms with Crippen molar-refractivity contribution in [2.75, 3.05) is 12.3 Å². The normalized spacial score (nSPS) is 42.1. The van der Waals surface area contributed by atoms with E-state index in [0.717, 1.165) is 31.1 Å². The lowest BCUT2D eigenvalue weighted by Crippen LogP contribution is -2.37. The molecule has 3 unspecified atom stereocenters. The minimum Gasteiger partial charge on any atom is -0.355 e. The molecule has 0 bridgehead atoms. The second-order valence-corrected chi connectivity index (χ2v) is 8.20. The third kappa shape index (κ3) is 2.21. The van der Waals surface area contributed by atoms with Crippen LogP contribution in [0.25, 0.3) is 0 Å². The van der Waals surface area contributed by atoms with Gasteiger partial charge in [0.1, 0.15) is 0 Å². The van der Waals surface area contributed by atoms with Gasteiger partial charge in [-0.1, -0.05) is 0 Å². The van der Waals surface area contributed by atoms with Crippen molar-refractivity contribution in [3.05, 3.63) is 0 Å². The Morgan fingerprint density at radius 2 is 1.88 bits per heavy atom. The van der Waals surface area contributed by atoms with E-state index in [1.54, 1.807) is 0 Å². The predicted molar refractivity (Wildman–Crippen MR) is 64.1 cm³/mol. The van der Waals surface area contributed by atoms with Crippen molar-refractivity contribution >= 4 is 15.7 Å². The number of carbonyl (C=O) groups is 1. The Hall–Kier alpha value is -0.580. The third-order valence-electron chi connectivity index (χ3n) is 4.58. The second-order valence-electron chi connectivity index (χ2n) is 5.80. The lowest BCUT2D eigenvalue weighted by Gasteiger charge is -2.15. The van der Waals surface area contributed by atoms with E-state index >= 15 is 0 Å². The van der Waals surface area contributed by atoms with Crippen LogP contribution in [0, 0.1) is 17.8 Å². The molecule has 3 rings (SSSR count).